The zero-order valence-corrected chi connectivity index (χ0v) is 25.3. The van der Waals surface area contributed by atoms with Crippen LogP contribution < -0.4 is 26.2 Å². The van der Waals surface area contributed by atoms with E-state index in [0.29, 0.717) is 5.52 Å². The van der Waals surface area contributed by atoms with Gasteiger partial charge in [-0.15, -0.1) is 9.05 Å². The van der Waals surface area contributed by atoms with Gasteiger partial charge in [0.25, 0.3) is 11.5 Å². The lowest BCUT2D eigenvalue weighted by atomic mass is 10.1. The van der Waals surface area contributed by atoms with Gasteiger partial charge in [-0.3, -0.25) is 24.3 Å². The minimum atomic E-state index is -4.26. The number of halogens is 2. The summed E-state index contributed by atoms with van der Waals surface area (Å²) in [7, 11) is -2.23. The van der Waals surface area contributed by atoms with E-state index in [1.165, 1.54) is 28.1 Å². The van der Waals surface area contributed by atoms with Gasteiger partial charge < -0.3 is 30.4 Å². The molecular formula is C20H23F2N10O8P2S2+3. The van der Waals surface area contributed by atoms with Gasteiger partial charge in [-0.2, -0.15) is 4.98 Å². The first kappa shape index (κ1) is 29.9. The van der Waals surface area contributed by atoms with Crippen molar-refractivity contribution in [3.8, 4) is 0 Å². The highest BCUT2D eigenvalue weighted by molar-refractivity contribution is 8.07. The monoisotopic (exact) mass is 695 g/mol. The number of alkyl halides is 2. The molecule has 3 aliphatic heterocycles. The second-order valence-electron chi connectivity index (χ2n) is 9.91. The number of aromatic amines is 3. The van der Waals surface area contributed by atoms with Crippen LogP contribution in [0.3, 0.4) is 0 Å². The zero-order chi connectivity index (χ0) is 30.9. The predicted octanol–water partition coefficient (Wildman–Crippen LogP) is -0.759. The molecule has 10 atom stereocenters. The number of anilines is 2. The van der Waals surface area contributed by atoms with Crippen molar-refractivity contribution in [2.24, 2.45) is 0 Å². The van der Waals surface area contributed by atoms with Gasteiger partial charge in [0.05, 0.1) is 6.61 Å². The fraction of sp³-hybridized carbons (Fsp3) is 0.500. The highest BCUT2D eigenvalue weighted by atomic mass is 32.5. The number of hydrogen-bond acceptors (Lipinski definition) is 14. The molecule has 3 aliphatic rings. The Labute approximate surface area is 254 Å². The van der Waals surface area contributed by atoms with Crippen LogP contribution in [0.4, 0.5) is 20.5 Å². The number of ether oxygens (including phenoxy) is 2. The SMILES string of the molecule is Nc1nc2c([nH]c[n+]2[C@@H]2O[C@@H]3CO[P+](=S)O[C@H]4[C@H](F)[C@H]([n+]5c[nH]c6c(N)ncnc65)O[C@@H]4COP(O)(=S)O[C@@H]2[C@@H]3F)c(=O)[nH]1. The van der Waals surface area contributed by atoms with E-state index >= 15 is 8.78 Å². The Morgan fingerprint density at radius 1 is 1.02 bits per heavy atom. The summed E-state index contributed by atoms with van der Waals surface area (Å²) in [4.78, 5) is 43.4. The third-order valence-electron chi connectivity index (χ3n) is 7.25. The van der Waals surface area contributed by atoms with Gasteiger partial charge in [-0.1, -0.05) is 9.97 Å². The van der Waals surface area contributed by atoms with Gasteiger partial charge in [0, 0.05) is 0 Å². The summed E-state index contributed by atoms with van der Waals surface area (Å²) in [5.74, 6) is -0.0602. The van der Waals surface area contributed by atoms with Crippen molar-refractivity contribution < 1.29 is 50.4 Å². The average Bonchev–Trinajstić information content (AvgIpc) is 3.72. The Hall–Kier alpha value is -2.75. The summed E-state index contributed by atoms with van der Waals surface area (Å²) in [6, 6.07) is 0. The Balaban J connectivity index is 1.18. The number of hydrogen-bond donors (Lipinski definition) is 6. The van der Waals surface area contributed by atoms with E-state index in [4.69, 9.17) is 62.6 Å². The number of imidazole rings is 2. The van der Waals surface area contributed by atoms with Crippen LogP contribution in [-0.2, 0) is 51.2 Å². The Morgan fingerprint density at radius 3 is 2.55 bits per heavy atom. The number of nitrogens with zero attached hydrogens (tertiary/aromatic N) is 5. The van der Waals surface area contributed by atoms with Crippen molar-refractivity contribution in [1.29, 1.82) is 0 Å². The Kier molecular flexibility index (Phi) is 7.65. The van der Waals surface area contributed by atoms with Crippen LogP contribution in [-0.4, -0.2) is 84.8 Å². The highest BCUT2D eigenvalue weighted by Crippen LogP contribution is 2.51. The number of H-pyrrole nitrogens is 3. The maximum Gasteiger partial charge on any atom is 0.522 e. The molecule has 2 unspecified atom stereocenters. The number of aromatic nitrogens is 8. The van der Waals surface area contributed by atoms with Crippen molar-refractivity contribution in [2.75, 3.05) is 24.7 Å². The molecule has 44 heavy (non-hydrogen) atoms. The van der Waals surface area contributed by atoms with Crippen molar-refractivity contribution in [3.63, 3.8) is 0 Å². The van der Waals surface area contributed by atoms with Gasteiger partial charge in [0.15, 0.2) is 49.4 Å². The molecule has 0 saturated carbocycles. The average molecular weight is 696 g/mol. The standard InChI is InChI=1S/C20H20F2N10O8P2S2/c21-8-6-1-35-41(43)39-12-7(38-18(9(12)22)31-4-27-10-14(23)25-3-26-15(10)31)2-36-42(34,44)40-13(8)19(37-6)32-5-28-11-16(32)29-20(24)30-17(11)33/h3-9,12-13,18-19H,1-2H2,(H5-,23,24,25,26,29,30,33,34,44)/p+3/t6-,7-,8-,9+,12-,13-,18-,19-,42?/m1/s1. The van der Waals surface area contributed by atoms with Crippen LogP contribution in [0, 0.1) is 0 Å². The molecular weight excluding hydrogens is 672 g/mol. The number of rotatable bonds is 2. The van der Waals surface area contributed by atoms with E-state index in [1.807, 2.05) is 0 Å². The molecule has 0 spiro atoms. The van der Waals surface area contributed by atoms with E-state index in [2.05, 4.69) is 29.9 Å². The molecule has 0 amide bonds. The molecule has 234 valence electrons. The molecule has 3 fully saturated rings. The van der Waals surface area contributed by atoms with Crippen molar-refractivity contribution in [1.82, 2.24) is 29.9 Å². The number of nitrogen functional groups attached to an aromatic ring is 2. The Bertz CT molecular complexity index is 1880. The summed E-state index contributed by atoms with van der Waals surface area (Å²) in [6.07, 6.45) is -7.86. The Morgan fingerprint density at radius 2 is 1.75 bits per heavy atom. The highest BCUT2D eigenvalue weighted by Gasteiger charge is 2.56. The van der Waals surface area contributed by atoms with Gasteiger partial charge in [-0.25, -0.2) is 17.9 Å². The number of nitrogens with one attached hydrogen (secondary N) is 3. The maximum atomic E-state index is 15.9. The van der Waals surface area contributed by atoms with Crippen LogP contribution >= 0.6 is 13.9 Å². The van der Waals surface area contributed by atoms with E-state index in [1.54, 1.807) is 0 Å². The largest absolute Gasteiger partial charge is 0.522 e. The molecule has 0 aromatic carbocycles. The first-order valence-corrected chi connectivity index (χ1v) is 17.6. The smallest absolute Gasteiger partial charge is 0.380 e. The third kappa shape index (κ3) is 5.18. The topological polar surface area (TPSA) is 239 Å². The first-order valence-electron chi connectivity index (χ1n) is 12.8. The van der Waals surface area contributed by atoms with Gasteiger partial charge >= 0.3 is 25.2 Å². The predicted molar refractivity (Wildman–Crippen MR) is 150 cm³/mol. The fourth-order valence-electron chi connectivity index (χ4n) is 5.26. The molecule has 3 saturated heterocycles. The first-order chi connectivity index (χ1) is 21.0. The van der Waals surface area contributed by atoms with E-state index in [-0.39, 0.29) is 28.6 Å². The quantitative estimate of drug-likeness (QED) is 0.112. The molecule has 7 rings (SSSR count). The summed E-state index contributed by atoms with van der Waals surface area (Å²) in [6.45, 7) is -5.22. The third-order valence-corrected chi connectivity index (χ3v) is 10.2. The minimum absolute atomic E-state index is 0.0183. The molecule has 4 aromatic rings. The van der Waals surface area contributed by atoms with E-state index < -0.39 is 81.9 Å². The molecule has 4 aromatic heterocycles. The maximum absolute atomic E-state index is 15.9. The number of fused-ring (bicyclic) bond motifs is 5. The molecule has 7 heterocycles. The molecule has 0 radical (unpaired) electrons. The van der Waals surface area contributed by atoms with Gasteiger partial charge in [0.2, 0.25) is 35.3 Å². The summed E-state index contributed by atoms with van der Waals surface area (Å²) < 4.78 is 68.8. The molecule has 0 aliphatic carbocycles. The fourth-order valence-corrected chi connectivity index (χ4v) is 7.92. The summed E-state index contributed by atoms with van der Waals surface area (Å²) >= 11 is 10.5. The summed E-state index contributed by atoms with van der Waals surface area (Å²) in [5, 5.41) is 0. The molecule has 8 N–H and O–H groups in total. The van der Waals surface area contributed by atoms with Gasteiger partial charge in [0.1, 0.15) is 18.8 Å². The lowest BCUT2D eigenvalue weighted by Gasteiger charge is -2.24. The molecule has 24 heteroatoms. The van der Waals surface area contributed by atoms with Crippen molar-refractivity contribution >= 4 is 71.6 Å². The lowest BCUT2D eigenvalue weighted by molar-refractivity contribution is -0.744. The zero-order valence-electron chi connectivity index (χ0n) is 21.9. The van der Waals surface area contributed by atoms with E-state index in [0.717, 1.165) is 0 Å². The normalized spacial score (nSPS) is 35.8. The number of nitrogens with two attached hydrogens (primary N) is 2. The van der Waals surface area contributed by atoms with E-state index in [9.17, 15) is 9.69 Å². The van der Waals surface area contributed by atoms with Crippen LogP contribution in [0.15, 0.2) is 23.8 Å². The van der Waals surface area contributed by atoms with Crippen molar-refractivity contribution in [3.05, 3.63) is 29.3 Å². The lowest BCUT2D eigenvalue weighted by Crippen LogP contribution is -2.46. The van der Waals surface area contributed by atoms with Crippen molar-refractivity contribution in [2.45, 2.75) is 49.2 Å². The minimum Gasteiger partial charge on any atom is -0.380 e. The second-order valence-corrected chi connectivity index (χ2v) is 14.5. The van der Waals surface area contributed by atoms with Gasteiger partial charge in [-0.05, 0) is 11.8 Å². The van der Waals surface area contributed by atoms with Crippen LogP contribution in [0.25, 0.3) is 22.3 Å². The summed E-state index contributed by atoms with van der Waals surface area (Å²) in [5.41, 5.74) is 11.7. The molecule has 18 nitrogen and oxygen atoms in total. The molecule has 2 bridgehead atoms. The van der Waals surface area contributed by atoms with Crippen LogP contribution in [0.1, 0.15) is 12.5 Å². The van der Waals surface area contributed by atoms with Crippen LogP contribution in [0.2, 0.25) is 0 Å². The van der Waals surface area contributed by atoms with Crippen LogP contribution in [0.5, 0.6) is 0 Å². The second kappa shape index (κ2) is 11.2.